The maximum Gasteiger partial charge on any atom is 0.274 e. The van der Waals surface area contributed by atoms with E-state index in [1.165, 1.54) is 10.4 Å². The molecule has 0 unspecified atom stereocenters. The lowest BCUT2D eigenvalue weighted by Gasteiger charge is -2.43. The topological polar surface area (TPSA) is 127 Å². The zero-order valence-electron chi connectivity index (χ0n) is 24.5. The summed E-state index contributed by atoms with van der Waals surface area (Å²) < 4.78 is 54.6. The Morgan fingerprint density at radius 1 is 1.21 bits per heavy atom. The minimum Gasteiger partial charge on any atom is -0.504 e. The minimum absolute atomic E-state index is 0.174. The standard InChI is InChI=1S/C28H39FN6O6S/c1-18-25(36)24(31-27-28(2,3)41-13-12-35(18)27)26(37)30-15-19-6-7-20(29)14-23(19)42(38,39)34-10-8-33(9-11-34)22-17-40-16-21(22)32(4)5/h6-7,14,21-22,36H,1,8-13,15-17H2,2-5H3,(H,30,37)/t21-,22-/m1/s1. The number of amidine groups is 1. The maximum atomic E-state index is 14.4. The zero-order valence-corrected chi connectivity index (χ0v) is 25.3. The fourth-order valence-corrected chi connectivity index (χ4v) is 7.54. The van der Waals surface area contributed by atoms with Gasteiger partial charge in [0.05, 0.1) is 42.5 Å². The summed E-state index contributed by atoms with van der Waals surface area (Å²) in [5.74, 6) is -1.36. The summed E-state index contributed by atoms with van der Waals surface area (Å²) in [6, 6.07) is 3.88. The van der Waals surface area contributed by atoms with Crippen molar-refractivity contribution < 1.29 is 32.2 Å². The molecule has 2 atom stereocenters. The molecule has 2 N–H and O–H groups in total. The van der Waals surface area contributed by atoms with Crippen LogP contribution in [0.4, 0.5) is 4.39 Å². The van der Waals surface area contributed by atoms with Crippen LogP contribution in [0.5, 0.6) is 0 Å². The van der Waals surface area contributed by atoms with E-state index >= 15 is 0 Å². The van der Waals surface area contributed by atoms with Crippen molar-refractivity contribution in [3.63, 3.8) is 0 Å². The molecule has 4 aliphatic heterocycles. The second-order valence-electron chi connectivity index (χ2n) is 11.6. The summed E-state index contributed by atoms with van der Waals surface area (Å²) in [4.78, 5) is 23.4. The Morgan fingerprint density at radius 2 is 1.93 bits per heavy atom. The number of amides is 1. The quantitative estimate of drug-likeness (QED) is 0.465. The largest absolute Gasteiger partial charge is 0.504 e. The molecule has 14 heteroatoms. The molecule has 0 radical (unpaired) electrons. The SMILES string of the molecule is C=C1C(O)=C(C(=O)NCc2ccc(F)cc2S(=O)(=O)N2CCN([C@@H]3COC[C@H]3N(C)C)CC2)N=C2N1CCOC2(C)C. The van der Waals surface area contributed by atoms with Crippen molar-refractivity contribution in [3.8, 4) is 0 Å². The Kier molecular flexibility index (Phi) is 8.49. The van der Waals surface area contributed by atoms with Gasteiger partial charge in [0.25, 0.3) is 5.91 Å². The van der Waals surface area contributed by atoms with Crippen LogP contribution >= 0.6 is 0 Å². The number of hydrogen-bond donors (Lipinski definition) is 2. The maximum absolute atomic E-state index is 14.4. The molecule has 42 heavy (non-hydrogen) atoms. The van der Waals surface area contributed by atoms with Gasteiger partial charge >= 0.3 is 0 Å². The van der Waals surface area contributed by atoms with E-state index in [-0.39, 0.29) is 59.3 Å². The number of nitrogens with one attached hydrogen (secondary N) is 1. The van der Waals surface area contributed by atoms with Crippen LogP contribution in [0.2, 0.25) is 0 Å². The average molecular weight is 607 g/mol. The predicted molar refractivity (Wildman–Crippen MR) is 154 cm³/mol. The first-order valence-corrected chi connectivity index (χ1v) is 15.4. The Morgan fingerprint density at radius 3 is 2.62 bits per heavy atom. The third-order valence-corrected chi connectivity index (χ3v) is 10.3. The molecule has 230 valence electrons. The highest BCUT2D eigenvalue weighted by molar-refractivity contribution is 7.89. The van der Waals surface area contributed by atoms with E-state index in [4.69, 9.17) is 9.47 Å². The number of ether oxygens (including phenoxy) is 2. The van der Waals surface area contributed by atoms with E-state index < -0.39 is 27.3 Å². The van der Waals surface area contributed by atoms with E-state index in [0.717, 1.165) is 12.1 Å². The molecular weight excluding hydrogens is 567 g/mol. The molecule has 0 spiro atoms. The molecule has 3 saturated heterocycles. The normalized spacial score (nSPS) is 25.5. The molecule has 3 fully saturated rings. The molecule has 0 bridgehead atoms. The molecule has 4 aliphatic rings. The van der Waals surface area contributed by atoms with Crippen LogP contribution < -0.4 is 5.32 Å². The summed E-state index contributed by atoms with van der Waals surface area (Å²) in [5, 5.41) is 13.4. The van der Waals surface area contributed by atoms with E-state index in [9.17, 15) is 22.7 Å². The van der Waals surface area contributed by atoms with Crippen LogP contribution in [0.15, 0.2) is 51.8 Å². The number of aliphatic hydroxyl groups is 1. The summed E-state index contributed by atoms with van der Waals surface area (Å²) in [7, 11) is -0.0551. The number of rotatable bonds is 7. The van der Waals surface area contributed by atoms with Gasteiger partial charge in [0.15, 0.2) is 11.5 Å². The Labute approximate surface area is 246 Å². The van der Waals surface area contributed by atoms with Gasteiger partial charge in [-0.2, -0.15) is 4.31 Å². The number of morpholine rings is 1. The summed E-state index contributed by atoms with van der Waals surface area (Å²) >= 11 is 0. The number of hydrogen-bond acceptors (Lipinski definition) is 10. The lowest BCUT2D eigenvalue weighted by atomic mass is 10.0. The van der Waals surface area contributed by atoms with Gasteiger partial charge in [-0.1, -0.05) is 12.6 Å². The lowest BCUT2D eigenvalue weighted by molar-refractivity contribution is -0.118. The number of aliphatic imine (C=N–C) groups is 1. The van der Waals surface area contributed by atoms with Crippen molar-refractivity contribution in [1.82, 2.24) is 24.3 Å². The van der Waals surface area contributed by atoms with Gasteiger partial charge in [0.1, 0.15) is 17.3 Å². The number of fused-ring (bicyclic) bond motifs is 1. The molecule has 12 nitrogen and oxygen atoms in total. The van der Waals surface area contributed by atoms with Crippen molar-refractivity contribution in [2.24, 2.45) is 4.99 Å². The molecule has 0 saturated carbocycles. The molecular formula is C28H39FN6O6S. The average Bonchev–Trinajstić information content (AvgIpc) is 3.45. The Bertz CT molecular complexity index is 1420. The van der Waals surface area contributed by atoms with Crippen molar-refractivity contribution in [2.75, 3.05) is 66.6 Å². The predicted octanol–water partition coefficient (Wildman–Crippen LogP) is 0.883. The number of piperazine rings is 1. The smallest absolute Gasteiger partial charge is 0.274 e. The molecule has 1 amide bonds. The highest BCUT2D eigenvalue weighted by Gasteiger charge is 2.41. The number of likely N-dealkylation sites (N-methyl/N-ethyl adjacent to an activating group) is 1. The van der Waals surface area contributed by atoms with Crippen molar-refractivity contribution >= 4 is 21.8 Å². The van der Waals surface area contributed by atoms with Crippen LogP contribution in [-0.4, -0.2) is 129 Å². The Balaban J connectivity index is 1.31. The van der Waals surface area contributed by atoms with Crippen LogP contribution in [0.25, 0.3) is 0 Å². The third-order valence-electron chi connectivity index (χ3n) is 8.34. The first-order valence-electron chi connectivity index (χ1n) is 14.0. The first kappa shape index (κ1) is 30.6. The molecule has 5 rings (SSSR count). The molecule has 0 aliphatic carbocycles. The molecule has 1 aromatic rings. The monoisotopic (exact) mass is 606 g/mol. The second-order valence-corrected chi connectivity index (χ2v) is 13.5. The highest BCUT2D eigenvalue weighted by atomic mass is 32.2. The number of nitrogens with zero attached hydrogens (tertiary/aromatic N) is 5. The molecule has 1 aromatic carbocycles. The lowest BCUT2D eigenvalue weighted by Crippen LogP contribution is -2.56. The van der Waals surface area contributed by atoms with Crippen LogP contribution in [0, 0.1) is 5.82 Å². The highest BCUT2D eigenvalue weighted by Crippen LogP contribution is 2.31. The van der Waals surface area contributed by atoms with Crippen LogP contribution in [0.3, 0.4) is 0 Å². The Hall–Kier alpha value is -2.88. The van der Waals surface area contributed by atoms with Gasteiger partial charge in [-0.15, -0.1) is 0 Å². The zero-order chi connectivity index (χ0) is 30.4. The third kappa shape index (κ3) is 5.71. The van der Waals surface area contributed by atoms with Gasteiger partial charge in [0, 0.05) is 39.3 Å². The van der Waals surface area contributed by atoms with Gasteiger partial charge in [0.2, 0.25) is 10.0 Å². The van der Waals surface area contributed by atoms with Crippen molar-refractivity contribution in [2.45, 2.75) is 43.0 Å². The number of sulfonamides is 1. The fourth-order valence-electron chi connectivity index (χ4n) is 5.89. The van der Waals surface area contributed by atoms with Crippen molar-refractivity contribution in [3.05, 3.63) is 53.3 Å². The van der Waals surface area contributed by atoms with Gasteiger partial charge in [-0.05, 0) is 45.6 Å². The van der Waals surface area contributed by atoms with Crippen LogP contribution in [0.1, 0.15) is 19.4 Å². The van der Waals surface area contributed by atoms with Gasteiger partial charge < -0.3 is 29.7 Å². The van der Waals surface area contributed by atoms with E-state index in [1.54, 1.807) is 18.7 Å². The summed E-state index contributed by atoms with van der Waals surface area (Å²) in [6.45, 7) is 10.9. The van der Waals surface area contributed by atoms with Crippen LogP contribution in [-0.2, 0) is 30.8 Å². The second kappa shape index (κ2) is 11.7. The fraction of sp³-hybridized carbons (Fsp3) is 0.571. The molecule has 0 aromatic heterocycles. The summed E-state index contributed by atoms with van der Waals surface area (Å²) in [5.41, 5.74) is -0.617. The number of aliphatic hydroxyl groups excluding tert-OH is 1. The van der Waals surface area contributed by atoms with E-state index in [0.29, 0.717) is 45.3 Å². The van der Waals surface area contributed by atoms with E-state index in [1.807, 2.05) is 14.1 Å². The number of carbonyl (C=O) groups excluding carboxylic acids is 1. The molecule has 4 heterocycles. The van der Waals surface area contributed by atoms with Gasteiger partial charge in [-0.25, -0.2) is 17.8 Å². The first-order chi connectivity index (χ1) is 19.8. The minimum atomic E-state index is -4.07. The number of carbonyl (C=O) groups is 1. The summed E-state index contributed by atoms with van der Waals surface area (Å²) in [6.07, 6.45) is 0. The number of benzene rings is 1. The van der Waals surface area contributed by atoms with Gasteiger partial charge in [-0.3, -0.25) is 9.69 Å². The van der Waals surface area contributed by atoms with E-state index in [2.05, 4.69) is 26.7 Å². The van der Waals surface area contributed by atoms with Crippen molar-refractivity contribution in [1.29, 1.82) is 0 Å². The number of halogens is 1.